The second-order valence-electron chi connectivity index (χ2n) is 3.64. The topological polar surface area (TPSA) is 99.4 Å². The highest BCUT2D eigenvalue weighted by Gasteiger charge is 2.27. The van der Waals surface area contributed by atoms with Gasteiger partial charge in [0.25, 0.3) is 0 Å². The van der Waals surface area contributed by atoms with Crippen molar-refractivity contribution in [1.29, 1.82) is 0 Å². The van der Waals surface area contributed by atoms with Crippen molar-refractivity contribution < 1.29 is 24.9 Å². The zero-order chi connectivity index (χ0) is 13.3. The summed E-state index contributed by atoms with van der Waals surface area (Å²) in [5.41, 5.74) is 0.360. The van der Waals surface area contributed by atoms with Gasteiger partial charge in [-0.25, -0.2) is 4.79 Å². The third-order valence-corrected chi connectivity index (χ3v) is 3.54. The van der Waals surface area contributed by atoms with E-state index < -0.39 is 12.0 Å². The Hall–Kier alpha value is -1.89. The molecule has 18 heavy (non-hydrogen) atoms. The summed E-state index contributed by atoms with van der Waals surface area (Å²) in [6.45, 7) is 0. The number of carbonyl (C=O) groups is 1. The van der Waals surface area contributed by atoms with Crippen LogP contribution in [0, 0.1) is 0 Å². The number of ether oxygens (including phenoxy) is 1. The van der Waals surface area contributed by atoms with Crippen LogP contribution >= 0.6 is 11.8 Å². The lowest BCUT2D eigenvalue weighted by Gasteiger charge is -2.08. The van der Waals surface area contributed by atoms with E-state index in [-0.39, 0.29) is 17.2 Å². The van der Waals surface area contributed by atoms with Crippen LogP contribution in [0.3, 0.4) is 0 Å². The summed E-state index contributed by atoms with van der Waals surface area (Å²) < 4.78 is 4.93. The zero-order valence-corrected chi connectivity index (χ0v) is 10.3. The number of hydrogen-bond acceptors (Lipinski definition) is 6. The van der Waals surface area contributed by atoms with Crippen LogP contribution in [-0.2, 0) is 4.79 Å². The SMILES string of the molecule is COc1cc(C2=N[C@@H](C(=O)O)CS2)c(O)cc1O. The molecule has 0 aromatic heterocycles. The van der Waals surface area contributed by atoms with Gasteiger partial charge in [-0.2, -0.15) is 0 Å². The number of phenols is 2. The molecular weight excluding hydrogens is 258 g/mol. The second kappa shape index (κ2) is 4.77. The van der Waals surface area contributed by atoms with Crippen molar-refractivity contribution in [3.05, 3.63) is 17.7 Å². The first-order valence-electron chi connectivity index (χ1n) is 5.06. The summed E-state index contributed by atoms with van der Waals surface area (Å²) in [6, 6.07) is 1.77. The number of benzene rings is 1. The first kappa shape index (κ1) is 12.6. The van der Waals surface area contributed by atoms with Gasteiger partial charge in [-0.1, -0.05) is 0 Å². The smallest absolute Gasteiger partial charge is 0.329 e. The average Bonchev–Trinajstić information content (AvgIpc) is 2.78. The zero-order valence-electron chi connectivity index (χ0n) is 9.45. The maximum atomic E-state index is 10.8. The number of hydrogen-bond donors (Lipinski definition) is 3. The Morgan fingerprint density at radius 2 is 2.17 bits per heavy atom. The highest BCUT2D eigenvalue weighted by Crippen LogP contribution is 2.36. The number of methoxy groups -OCH3 is 1. The molecule has 1 aliphatic rings. The molecule has 0 amide bonds. The summed E-state index contributed by atoms with van der Waals surface area (Å²) in [7, 11) is 1.39. The lowest BCUT2D eigenvalue weighted by atomic mass is 10.2. The molecule has 6 nitrogen and oxygen atoms in total. The Morgan fingerprint density at radius 3 is 2.72 bits per heavy atom. The van der Waals surface area contributed by atoms with E-state index in [1.807, 2.05) is 0 Å². The minimum atomic E-state index is -0.997. The molecule has 1 aromatic carbocycles. The number of phenolic OH excluding ortho intramolecular Hbond substituents is 2. The standard InChI is InChI=1S/C11H11NO5S/c1-17-9-2-5(7(13)3-8(9)14)10-12-6(4-18-10)11(15)16/h2-3,6,13-14H,4H2,1H3,(H,15,16)/t6-/m1/s1. The molecule has 0 unspecified atom stereocenters. The normalized spacial score (nSPS) is 18.5. The van der Waals surface area contributed by atoms with Gasteiger partial charge >= 0.3 is 5.97 Å². The van der Waals surface area contributed by atoms with Gasteiger partial charge in [-0.15, -0.1) is 11.8 Å². The first-order chi connectivity index (χ1) is 8.52. The Bertz CT molecular complexity index is 528. The van der Waals surface area contributed by atoms with Crippen LogP contribution in [0.25, 0.3) is 0 Å². The molecule has 0 radical (unpaired) electrons. The predicted molar refractivity (Wildman–Crippen MR) is 66.7 cm³/mol. The molecule has 1 aliphatic heterocycles. The summed E-state index contributed by atoms with van der Waals surface area (Å²) in [5, 5.41) is 28.5. The van der Waals surface area contributed by atoms with Crippen LogP contribution < -0.4 is 4.74 Å². The highest BCUT2D eigenvalue weighted by molar-refractivity contribution is 8.14. The van der Waals surface area contributed by atoms with E-state index in [9.17, 15) is 15.0 Å². The van der Waals surface area contributed by atoms with Crippen molar-refractivity contribution in [2.45, 2.75) is 6.04 Å². The van der Waals surface area contributed by atoms with E-state index in [4.69, 9.17) is 9.84 Å². The summed E-state index contributed by atoms with van der Waals surface area (Å²) in [6.07, 6.45) is 0. The average molecular weight is 269 g/mol. The van der Waals surface area contributed by atoms with Crippen LogP contribution in [0.5, 0.6) is 17.2 Å². The third kappa shape index (κ3) is 2.21. The van der Waals surface area contributed by atoms with E-state index >= 15 is 0 Å². The largest absolute Gasteiger partial charge is 0.507 e. The van der Waals surface area contributed by atoms with Gasteiger partial charge in [0.05, 0.1) is 12.7 Å². The minimum absolute atomic E-state index is 0.161. The van der Waals surface area contributed by atoms with E-state index in [0.29, 0.717) is 16.4 Å². The molecule has 7 heteroatoms. The third-order valence-electron chi connectivity index (χ3n) is 2.46. The number of carboxylic acids is 1. The Kier molecular flexibility index (Phi) is 3.33. The second-order valence-corrected chi connectivity index (χ2v) is 4.65. The lowest BCUT2D eigenvalue weighted by molar-refractivity contribution is -0.137. The first-order valence-corrected chi connectivity index (χ1v) is 6.05. The summed E-state index contributed by atoms with van der Waals surface area (Å²) in [4.78, 5) is 14.8. The fraction of sp³-hybridized carbons (Fsp3) is 0.273. The van der Waals surface area contributed by atoms with Crippen LogP contribution in [0.4, 0.5) is 0 Å². The molecule has 3 N–H and O–H groups in total. The van der Waals surface area contributed by atoms with Gasteiger partial charge in [0, 0.05) is 11.8 Å². The molecule has 0 spiro atoms. The van der Waals surface area contributed by atoms with Gasteiger partial charge in [0.1, 0.15) is 10.8 Å². The minimum Gasteiger partial charge on any atom is -0.507 e. The van der Waals surface area contributed by atoms with Crippen LogP contribution in [0.2, 0.25) is 0 Å². The maximum Gasteiger partial charge on any atom is 0.329 e. The molecule has 0 bridgehead atoms. The van der Waals surface area contributed by atoms with Crippen molar-refractivity contribution in [3.63, 3.8) is 0 Å². The quantitative estimate of drug-likeness (QED) is 0.758. The monoisotopic (exact) mass is 269 g/mol. The van der Waals surface area contributed by atoms with E-state index in [2.05, 4.69) is 4.99 Å². The number of carboxylic acid groups (broad SMARTS) is 1. The predicted octanol–water partition coefficient (Wildman–Crippen LogP) is 1.05. The molecule has 1 aromatic rings. The van der Waals surface area contributed by atoms with Crippen molar-refractivity contribution in [1.82, 2.24) is 0 Å². The van der Waals surface area contributed by atoms with Crippen molar-refractivity contribution in [3.8, 4) is 17.2 Å². The molecule has 1 heterocycles. The Labute approximate surface area is 107 Å². The molecule has 0 fully saturated rings. The molecular formula is C11H11NO5S. The van der Waals surface area contributed by atoms with Gasteiger partial charge in [0.2, 0.25) is 0 Å². The highest BCUT2D eigenvalue weighted by atomic mass is 32.2. The fourth-order valence-corrected chi connectivity index (χ4v) is 2.59. The Balaban J connectivity index is 2.40. The van der Waals surface area contributed by atoms with E-state index in [1.54, 1.807) is 0 Å². The summed E-state index contributed by atoms with van der Waals surface area (Å²) >= 11 is 1.24. The van der Waals surface area contributed by atoms with Gasteiger partial charge in [-0.05, 0) is 6.07 Å². The molecule has 2 rings (SSSR count). The molecule has 1 atom stereocenters. The van der Waals surface area contributed by atoms with Crippen molar-refractivity contribution in [2.75, 3.05) is 12.9 Å². The molecule has 96 valence electrons. The van der Waals surface area contributed by atoms with Gasteiger partial charge in [-0.3, -0.25) is 4.99 Å². The van der Waals surface area contributed by atoms with Gasteiger partial charge in [0.15, 0.2) is 17.5 Å². The number of rotatable bonds is 3. The number of nitrogens with zero attached hydrogens (tertiary/aromatic N) is 1. The fourth-order valence-electron chi connectivity index (χ4n) is 1.54. The maximum absolute atomic E-state index is 10.8. The van der Waals surface area contributed by atoms with E-state index in [1.165, 1.54) is 24.9 Å². The Morgan fingerprint density at radius 1 is 1.44 bits per heavy atom. The number of aliphatic imine (C=N–C) groups is 1. The van der Waals surface area contributed by atoms with Crippen LogP contribution in [0.1, 0.15) is 5.56 Å². The lowest BCUT2D eigenvalue weighted by Crippen LogP contribution is -2.17. The molecule has 0 aliphatic carbocycles. The number of aromatic hydroxyl groups is 2. The van der Waals surface area contributed by atoms with Crippen LogP contribution in [0.15, 0.2) is 17.1 Å². The van der Waals surface area contributed by atoms with Gasteiger partial charge < -0.3 is 20.1 Å². The molecule has 0 saturated carbocycles. The number of aliphatic carboxylic acids is 1. The summed E-state index contributed by atoms with van der Waals surface area (Å²) in [5.74, 6) is -0.817. The number of thioether (sulfide) groups is 1. The van der Waals surface area contributed by atoms with Crippen LogP contribution in [-0.4, -0.2) is 45.2 Å². The van der Waals surface area contributed by atoms with E-state index in [0.717, 1.165) is 6.07 Å². The van der Waals surface area contributed by atoms with Crippen molar-refractivity contribution >= 4 is 22.8 Å². The molecule has 0 saturated heterocycles. The van der Waals surface area contributed by atoms with Crippen molar-refractivity contribution in [2.24, 2.45) is 4.99 Å².